The standard InChI is InChI=1S/C11H11N3O2S/c15-10-8-12-14(11(16)13-10)6-7-17-9-4-2-1-3-5-9/h1-5,8H,6-7H2,(H,13,15,16). The molecule has 17 heavy (non-hydrogen) atoms. The Morgan fingerprint density at radius 2 is 2.00 bits per heavy atom. The molecule has 0 atom stereocenters. The molecule has 0 spiro atoms. The van der Waals surface area contributed by atoms with Gasteiger partial charge in [-0.1, -0.05) is 18.2 Å². The van der Waals surface area contributed by atoms with Crippen molar-refractivity contribution in [3.63, 3.8) is 0 Å². The van der Waals surface area contributed by atoms with Gasteiger partial charge in [-0.2, -0.15) is 5.10 Å². The van der Waals surface area contributed by atoms with Gasteiger partial charge in [-0.25, -0.2) is 9.48 Å². The molecular formula is C11H11N3O2S. The van der Waals surface area contributed by atoms with Crippen LogP contribution in [0.3, 0.4) is 0 Å². The van der Waals surface area contributed by atoms with Gasteiger partial charge in [0.2, 0.25) is 0 Å². The number of nitrogens with zero attached hydrogens (tertiary/aromatic N) is 2. The monoisotopic (exact) mass is 249 g/mol. The molecular weight excluding hydrogens is 238 g/mol. The fraction of sp³-hybridized carbons (Fsp3) is 0.182. The number of H-pyrrole nitrogens is 1. The molecule has 6 heteroatoms. The molecule has 0 radical (unpaired) electrons. The number of aromatic amines is 1. The van der Waals surface area contributed by atoms with E-state index in [1.807, 2.05) is 30.3 Å². The molecule has 1 N–H and O–H groups in total. The summed E-state index contributed by atoms with van der Waals surface area (Å²) in [7, 11) is 0. The number of benzene rings is 1. The lowest BCUT2D eigenvalue weighted by Crippen LogP contribution is -2.32. The zero-order chi connectivity index (χ0) is 12.1. The first-order valence-corrected chi connectivity index (χ1v) is 6.08. The van der Waals surface area contributed by atoms with Crippen molar-refractivity contribution in [1.29, 1.82) is 0 Å². The Morgan fingerprint density at radius 1 is 1.24 bits per heavy atom. The molecule has 1 aromatic heterocycles. The van der Waals surface area contributed by atoms with Crippen LogP contribution in [0.15, 0.2) is 51.0 Å². The molecule has 2 rings (SSSR count). The number of rotatable bonds is 4. The van der Waals surface area contributed by atoms with Gasteiger partial charge in [0.1, 0.15) is 6.20 Å². The van der Waals surface area contributed by atoms with Crippen LogP contribution in [0.25, 0.3) is 0 Å². The average Bonchev–Trinajstić information content (AvgIpc) is 2.33. The summed E-state index contributed by atoms with van der Waals surface area (Å²) in [5.41, 5.74) is -0.937. The van der Waals surface area contributed by atoms with Crippen LogP contribution in [0.1, 0.15) is 0 Å². The number of hydrogen-bond acceptors (Lipinski definition) is 4. The van der Waals surface area contributed by atoms with Gasteiger partial charge in [0.15, 0.2) is 0 Å². The first kappa shape index (κ1) is 11.7. The van der Waals surface area contributed by atoms with Crippen molar-refractivity contribution in [2.75, 3.05) is 5.75 Å². The van der Waals surface area contributed by atoms with Gasteiger partial charge in [0.05, 0.1) is 6.54 Å². The zero-order valence-electron chi connectivity index (χ0n) is 9.00. The Labute approximate surface area is 102 Å². The fourth-order valence-corrected chi connectivity index (χ4v) is 2.15. The van der Waals surface area contributed by atoms with Crippen molar-refractivity contribution in [3.8, 4) is 0 Å². The van der Waals surface area contributed by atoms with Crippen molar-refractivity contribution < 1.29 is 0 Å². The summed E-state index contributed by atoms with van der Waals surface area (Å²) in [5, 5.41) is 3.76. The van der Waals surface area contributed by atoms with Gasteiger partial charge in [-0.3, -0.25) is 9.78 Å². The maximum absolute atomic E-state index is 11.3. The summed E-state index contributed by atoms with van der Waals surface area (Å²) in [5.74, 6) is 0.725. The van der Waals surface area contributed by atoms with Crippen LogP contribution in [-0.2, 0) is 6.54 Å². The van der Waals surface area contributed by atoms with Gasteiger partial charge < -0.3 is 0 Å². The van der Waals surface area contributed by atoms with E-state index in [1.165, 1.54) is 4.68 Å². The third-order valence-electron chi connectivity index (χ3n) is 2.09. The number of thioether (sulfide) groups is 1. The summed E-state index contributed by atoms with van der Waals surface area (Å²) in [6, 6.07) is 9.90. The topological polar surface area (TPSA) is 67.8 Å². The zero-order valence-corrected chi connectivity index (χ0v) is 9.81. The second-order valence-electron chi connectivity index (χ2n) is 3.32. The molecule has 0 unspecified atom stereocenters. The minimum Gasteiger partial charge on any atom is -0.271 e. The Morgan fingerprint density at radius 3 is 2.71 bits per heavy atom. The first-order chi connectivity index (χ1) is 8.25. The summed E-state index contributed by atoms with van der Waals surface area (Å²) in [6.45, 7) is 0.467. The SMILES string of the molecule is O=c1cnn(CCSc2ccccc2)c(=O)[nH]1. The van der Waals surface area contributed by atoms with Crippen LogP contribution < -0.4 is 11.2 Å². The van der Waals surface area contributed by atoms with E-state index in [0.29, 0.717) is 6.54 Å². The predicted octanol–water partition coefficient (Wildman–Crippen LogP) is 0.724. The molecule has 1 aromatic carbocycles. The second kappa shape index (κ2) is 5.49. The molecule has 0 aliphatic heterocycles. The van der Waals surface area contributed by atoms with Crippen LogP contribution in [0.5, 0.6) is 0 Å². The van der Waals surface area contributed by atoms with E-state index in [2.05, 4.69) is 10.1 Å². The number of aromatic nitrogens is 3. The molecule has 88 valence electrons. The van der Waals surface area contributed by atoms with Gasteiger partial charge in [-0.15, -0.1) is 11.8 Å². The van der Waals surface area contributed by atoms with Crippen LogP contribution >= 0.6 is 11.8 Å². The van der Waals surface area contributed by atoms with Crippen molar-refractivity contribution in [2.24, 2.45) is 0 Å². The molecule has 5 nitrogen and oxygen atoms in total. The van der Waals surface area contributed by atoms with Crippen molar-refractivity contribution >= 4 is 11.8 Å². The number of hydrogen-bond donors (Lipinski definition) is 1. The molecule has 0 amide bonds. The fourth-order valence-electron chi connectivity index (χ4n) is 1.30. The third kappa shape index (κ3) is 3.32. The van der Waals surface area contributed by atoms with Crippen LogP contribution in [0.2, 0.25) is 0 Å². The average molecular weight is 249 g/mol. The van der Waals surface area contributed by atoms with Crippen molar-refractivity contribution in [1.82, 2.24) is 14.8 Å². The Hall–Kier alpha value is -1.82. The molecule has 0 saturated carbocycles. The van der Waals surface area contributed by atoms with E-state index in [1.54, 1.807) is 11.8 Å². The van der Waals surface area contributed by atoms with E-state index >= 15 is 0 Å². The molecule has 0 fully saturated rings. The maximum atomic E-state index is 11.3. The van der Waals surface area contributed by atoms with Crippen molar-refractivity contribution in [2.45, 2.75) is 11.4 Å². The van der Waals surface area contributed by atoms with E-state index in [4.69, 9.17) is 0 Å². The molecule has 0 aliphatic rings. The van der Waals surface area contributed by atoms with Gasteiger partial charge in [0.25, 0.3) is 5.56 Å². The highest BCUT2D eigenvalue weighted by Gasteiger charge is 1.98. The minimum atomic E-state index is -0.470. The van der Waals surface area contributed by atoms with E-state index in [-0.39, 0.29) is 0 Å². The maximum Gasteiger partial charge on any atom is 0.344 e. The first-order valence-electron chi connectivity index (χ1n) is 5.10. The third-order valence-corrected chi connectivity index (χ3v) is 3.09. The smallest absolute Gasteiger partial charge is 0.271 e. The quantitative estimate of drug-likeness (QED) is 0.811. The van der Waals surface area contributed by atoms with Gasteiger partial charge >= 0.3 is 5.69 Å². The Kier molecular flexibility index (Phi) is 3.77. The van der Waals surface area contributed by atoms with Gasteiger partial charge in [0, 0.05) is 10.6 Å². The van der Waals surface area contributed by atoms with Gasteiger partial charge in [-0.05, 0) is 12.1 Å². The molecule has 0 saturated heterocycles. The second-order valence-corrected chi connectivity index (χ2v) is 4.49. The summed E-state index contributed by atoms with van der Waals surface area (Å²) >= 11 is 1.64. The lowest BCUT2D eigenvalue weighted by atomic mass is 10.4. The number of nitrogens with one attached hydrogen (secondary N) is 1. The molecule has 0 bridgehead atoms. The highest BCUT2D eigenvalue weighted by molar-refractivity contribution is 7.99. The Bertz CT molecular complexity index is 591. The molecule has 0 aliphatic carbocycles. The van der Waals surface area contributed by atoms with Crippen LogP contribution in [0.4, 0.5) is 0 Å². The highest BCUT2D eigenvalue weighted by atomic mass is 32.2. The van der Waals surface area contributed by atoms with Crippen LogP contribution in [-0.4, -0.2) is 20.5 Å². The predicted molar refractivity (Wildman–Crippen MR) is 66.3 cm³/mol. The highest BCUT2D eigenvalue weighted by Crippen LogP contribution is 2.16. The van der Waals surface area contributed by atoms with E-state index in [0.717, 1.165) is 16.8 Å². The minimum absolute atomic E-state index is 0.467. The van der Waals surface area contributed by atoms with Crippen LogP contribution in [0, 0.1) is 0 Å². The lowest BCUT2D eigenvalue weighted by Gasteiger charge is -2.02. The van der Waals surface area contributed by atoms with Crippen molar-refractivity contribution in [3.05, 3.63) is 57.4 Å². The summed E-state index contributed by atoms with van der Waals surface area (Å²) in [4.78, 5) is 25.4. The number of aryl methyl sites for hydroxylation is 1. The normalized spacial score (nSPS) is 10.4. The summed E-state index contributed by atoms with van der Waals surface area (Å²) in [6.07, 6.45) is 1.11. The summed E-state index contributed by atoms with van der Waals surface area (Å²) < 4.78 is 1.25. The Balaban J connectivity index is 1.95. The largest absolute Gasteiger partial charge is 0.344 e. The van der Waals surface area contributed by atoms with E-state index in [9.17, 15) is 9.59 Å². The molecule has 1 heterocycles. The molecule has 2 aromatic rings. The lowest BCUT2D eigenvalue weighted by molar-refractivity contribution is 0.592. The van der Waals surface area contributed by atoms with E-state index < -0.39 is 11.2 Å².